The van der Waals surface area contributed by atoms with Gasteiger partial charge in [0.05, 0.1) is 11.3 Å². The van der Waals surface area contributed by atoms with Crippen molar-refractivity contribution in [2.75, 3.05) is 0 Å². The van der Waals surface area contributed by atoms with Crippen LogP contribution in [0.4, 0.5) is 0 Å². The predicted octanol–water partition coefficient (Wildman–Crippen LogP) is 2.07. The van der Waals surface area contributed by atoms with E-state index in [4.69, 9.17) is 4.74 Å². The van der Waals surface area contributed by atoms with Crippen LogP contribution in [0.3, 0.4) is 0 Å². The van der Waals surface area contributed by atoms with Crippen molar-refractivity contribution in [3.8, 4) is 0 Å². The molecule has 0 aliphatic rings. The van der Waals surface area contributed by atoms with E-state index in [9.17, 15) is 9.59 Å². The van der Waals surface area contributed by atoms with Gasteiger partial charge < -0.3 is 10.1 Å². The lowest BCUT2D eigenvalue weighted by atomic mass is 10.1. The van der Waals surface area contributed by atoms with Gasteiger partial charge >= 0.3 is 5.97 Å². The zero-order chi connectivity index (χ0) is 15.1. The molecule has 1 heterocycles. The van der Waals surface area contributed by atoms with Crippen LogP contribution in [0, 0.1) is 0 Å². The number of ether oxygens (including phenoxy) is 1. The first kappa shape index (κ1) is 14.7. The monoisotopic (exact) mass is 284 g/mol. The summed E-state index contributed by atoms with van der Waals surface area (Å²) in [5.74, 6) is -0.486. The van der Waals surface area contributed by atoms with Crippen molar-refractivity contribution in [2.24, 2.45) is 0 Å². The molecule has 108 valence electrons. The van der Waals surface area contributed by atoms with Gasteiger partial charge in [0.1, 0.15) is 6.61 Å². The highest BCUT2D eigenvalue weighted by Crippen LogP contribution is 2.07. The molecular weight excluding hydrogens is 268 g/mol. The standard InChI is InChI=1S/C16H16N2O3/c1-12(19)18-10-13-5-7-14(8-6-13)16(20)21-11-15-4-2-3-9-17-15/h2-9H,10-11H2,1H3,(H,18,19). The lowest BCUT2D eigenvalue weighted by Gasteiger charge is -2.06. The molecular formula is C16H16N2O3. The molecule has 0 spiro atoms. The predicted molar refractivity (Wildman–Crippen MR) is 77.3 cm³/mol. The largest absolute Gasteiger partial charge is 0.456 e. The van der Waals surface area contributed by atoms with Crippen LogP contribution in [0.2, 0.25) is 0 Å². The quantitative estimate of drug-likeness (QED) is 0.853. The number of rotatable bonds is 5. The first-order valence-electron chi connectivity index (χ1n) is 6.55. The molecule has 0 unspecified atom stereocenters. The van der Waals surface area contributed by atoms with E-state index >= 15 is 0 Å². The molecule has 5 heteroatoms. The van der Waals surface area contributed by atoms with Crippen LogP contribution in [0.25, 0.3) is 0 Å². The molecule has 1 aromatic heterocycles. The Morgan fingerprint density at radius 3 is 2.52 bits per heavy atom. The summed E-state index contributed by atoms with van der Waals surface area (Å²) in [4.78, 5) is 26.8. The van der Waals surface area contributed by atoms with Crippen molar-refractivity contribution in [1.82, 2.24) is 10.3 Å². The zero-order valence-electron chi connectivity index (χ0n) is 11.7. The summed E-state index contributed by atoms with van der Waals surface area (Å²) in [5, 5.41) is 2.69. The van der Waals surface area contributed by atoms with Crippen LogP contribution in [-0.2, 0) is 22.7 Å². The Labute approximate surface area is 123 Å². The van der Waals surface area contributed by atoms with Crippen molar-refractivity contribution in [2.45, 2.75) is 20.1 Å². The van der Waals surface area contributed by atoms with Crippen molar-refractivity contribution < 1.29 is 14.3 Å². The van der Waals surface area contributed by atoms with E-state index in [1.54, 1.807) is 42.6 Å². The van der Waals surface area contributed by atoms with Crippen LogP contribution in [0.5, 0.6) is 0 Å². The molecule has 0 fully saturated rings. The van der Waals surface area contributed by atoms with Crippen molar-refractivity contribution in [1.29, 1.82) is 0 Å². The summed E-state index contributed by atoms with van der Waals surface area (Å²) in [5.41, 5.74) is 2.09. The Bertz CT molecular complexity index is 609. The number of nitrogens with one attached hydrogen (secondary N) is 1. The highest BCUT2D eigenvalue weighted by atomic mass is 16.5. The normalized spacial score (nSPS) is 9.95. The minimum atomic E-state index is -0.397. The third-order valence-electron chi connectivity index (χ3n) is 2.81. The molecule has 21 heavy (non-hydrogen) atoms. The fraction of sp³-hybridized carbons (Fsp3) is 0.188. The second-order valence-corrected chi connectivity index (χ2v) is 4.50. The molecule has 0 aliphatic heterocycles. The molecule has 0 saturated heterocycles. The first-order chi connectivity index (χ1) is 10.1. The third-order valence-corrected chi connectivity index (χ3v) is 2.81. The lowest BCUT2D eigenvalue weighted by Crippen LogP contribution is -2.18. The fourth-order valence-corrected chi connectivity index (χ4v) is 1.69. The van der Waals surface area contributed by atoms with E-state index in [0.29, 0.717) is 17.8 Å². The lowest BCUT2D eigenvalue weighted by molar-refractivity contribution is -0.119. The average molecular weight is 284 g/mol. The molecule has 0 aliphatic carbocycles. The Morgan fingerprint density at radius 1 is 1.14 bits per heavy atom. The Balaban J connectivity index is 1.89. The van der Waals surface area contributed by atoms with Crippen LogP contribution in [0.15, 0.2) is 48.7 Å². The summed E-state index contributed by atoms with van der Waals surface area (Å²) < 4.78 is 5.18. The van der Waals surface area contributed by atoms with E-state index in [-0.39, 0.29) is 12.5 Å². The summed E-state index contributed by atoms with van der Waals surface area (Å²) in [6.45, 7) is 2.05. The Kier molecular flexibility index (Phi) is 5.04. The van der Waals surface area contributed by atoms with Gasteiger partial charge in [-0.1, -0.05) is 18.2 Å². The number of benzene rings is 1. The minimum absolute atomic E-state index is 0.0890. The fourth-order valence-electron chi connectivity index (χ4n) is 1.69. The number of aromatic nitrogens is 1. The van der Waals surface area contributed by atoms with Crippen LogP contribution in [-0.4, -0.2) is 16.9 Å². The van der Waals surface area contributed by atoms with E-state index in [2.05, 4.69) is 10.3 Å². The maximum absolute atomic E-state index is 11.9. The SMILES string of the molecule is CC(=O)NCc1ccc(C(=O)OCc2ccccn2)cc1. The molecule has 2 aromatic rings. The highest BCUT2D eigenvalue weighted by molar-refractivity contribution is 5.89. The molecule has 1 aromatic carbocycles. The number of hydrogen-bond donors (Lipinski definition) is 1. The molecule has 1 amide bonds. The van der Waals surface area contributed by atoms with Crippen LogP contribution < -0.4 is 5.32 Å². The van der Waals surface area contributed by atoms with Gasteiger partial charge in [-0.25, -0.2) is 4.79 Å². The summed E-state index contributed by atoms with van der Waals surface area (Å²) >= 11 is 0. The Morgan fingerprint density at radius 2 is 1.90 bits per heavy atom. The topological polar surface area (TPSA) is 68.3 Å². The van der Waals surface area contributed by atoms with Crippen molar-refractivity contribution in [3.63, 3.8) is 0 Å². The van der Waals surface area contributed by atoms with Gasteiger partial charge in [-0.15, -0.1) is 0 Å². The van der Waals surface area contributed by atoms with E-state index < -0.39 is 5.97 Å². The number of nitrogens with zero attached hydrogens (tertiary/aromatic N) is 1. The van der Waals surface area contributed by atoms with Gasteiger partial charge in [-0.2, -0.15) is 0 Å². The second kappa shape index (κ2) is 7.19. The molecule has 5 nitrogen and oxygen atoms in total. The van der Waals surface area contributed by atoms with Crippen LogP contribution in [0.1, 0.15) is 28.5 Å². The number of amides is 1. The number of carbonyl (C=O) groups is 2. The van der Waals surface area contributed by atoms with Gasteiger partial charge in [-0.05, 0) is 29.8 Å². The van der Waals surface area contributed by atoms with Gasteiger partial charge in [0.25, 0.3) is 0 Å². The minimum Gasteiger partial charge on any atom is -0.456 e. The molecule has 0 saturated carbocycles. The van der Waals surface area contributed by atoms with E-state index in [1.807, 2.05) is 6.07 Å². The van der Waals surface area contributed by atoms with Gasteiger partial charge in [0.2, 0.25) is 5.91 Å². The van der Waals surface area contributed by atoms with Gasteiger partial charge in [0.15, 0.2) is 0 Å². The third kappa shape index (κ3) is 4.72. The number of hydrogen-bond acceptors (Lipinski definition) is 4. The molecule has 0 atom stereocenters. The number of esters is 1. The smallest absolute Gasteiger partial charge is 0.338 e. The van der Waals surface area contributed by atoms with E-state index in [1.165, 1.54) is 6.92 Å². The van der Waals surface area contributed by atoms with Gasteiger partial charge in [0, 0.05) is 19.7 Å². The van der Waals surface area contributed by atoms with Crippen LogP contribution >= 0.6 is 0 Å². The number of pyridine rings is 1. The zero-order valence-corrected chi connectivity index (χ0v) is 11.7. The highest BCUT2D eigenvalue weighted by Gasteiger charge is 2.07. The molecule has 2 rings (SSSR count). The number of carbonyl (C=O) groups excluding carboxylic acids is 2. The molecule has 0 radical (unpaired) electrons. The first-order valence-corrected chi connectivity index (χ1v) is 6.55. The molecule has 0 bridgehead atoms. The summed E-state index contributed by atoms with van der Waals surface area (Å²) in [6, 6.07) is 12.4. The second-order valence-electron chi connectivity index (χ2n) is 4.50. The summed E-state index contributed by atoms with van der Waals surface area (Å²) in [7, 11) is 0. The Hall–Kier alpha value is -2.69. The maximum atomic E-state index is 11.9. The average Bonchev–Trinajstić information content (AvgIpc) is 2.52. The van der Waals surface area contributed by atoms with Crippen molar-refractivity contribution in [3.05, 3.63) is 65.5 Å². The maximum Gasteiger partial charge on any atom is 0.338 e. The van der Waals surface area contributed by atoms with Crippen molar-refractivity contribution >= 4 is 11.9 Å². The summed E-state index contributed by atoms with van der Waals surface area (Å²) in [6.07, 6.45) is 1.65. The van der Waals surface area contributed by atoms with Gasteiger partial charge in [-0.3, -0.25) is 9.78 Å². The molecule has 1 N–H and O–H groups in total. The van der Waals surface area contributed by atoms with E-state index in [0.717, 1.165) is 5.56 Å².